The van der Waals surface area contributed by atoms with Gasteiger partial charge in [0.15, 0.2) is 0 Å². The van der Waals surface area contributed by atoms with Crippen LogP contribution in [0, 0.1) is 6.92 Å². The molecule has 0 radical (unpaired) electrons. The summed E-state index contributed by atoms with van der Waals surface area (Å²) in [5.74, 6) is 0. The molecular formula is C19H32N4O2. The Balaban J connectivity index is 1.99. The summed E-state index contributed by atoms with van der Waals surface area (Å²) in [4.78, 5) is 18.6. The molecule has 1 aromatic carbocycles. The summed E-state index contributed by atoms with van der Waals surface area (Å²) in [7, 11) is 1.68. The summed E-state index contributed by atoms with van der Waals surface area (Å²) < 4.78 is 0. The maximum absolute atomic E-state index is 12.3. The summed E-state index contributed by atoms with van der Waals surface area (Å²) >= 11 is 0. The van der Waals surface area contributed by atoms with E-state index in [1.165, 1.54) is 10.6 Å². The van der Waals surface area contributed by atoms with E-state index in [0.29, 0.717) is 0 Å². The van der Waals surface area contributed by atoms with Gasteiger partial charge in [-0.3, -0.25) is 0 Å². The van der Waals surface area contributed by atoms with Gasteiger partial charge in [0.25, 0.3) is 0 Å². The molecule has 1 heterocycles. The fraction of sp³-hybridized carbons (Fsp3) is 0.632. The third-order valence-electron chi connectivity index (χ3n) is 4.61. The van der Waals surface area contributed by atoms with Crippen LogP contribution in [-0.2, 0) is 0 Å². The van der Waals surface area contributed by atoms with E-state index in [0.717, 1.165) is 44.0 Å². The van der Waals surface area contributed by atoms with Crippen LogP contribution in [0.4, 0.5) is 16.2 Å². The Morgan fingerprint density at radius 2 is 1.92 bits per heavy atom. The predicted molar refractivity (Wildman–Crippen MR) is 103 cm³/mol. The quantitative estimate of drug-likeness (QED) is 0.858. The number of anilines is 2. The summed E-state index contributed by atoms with van der Waals surface area (Å²) in [5, 5.41) is 12.8. The van der Waals surface area contributed by atoms with Crippen molar-refractivity contribution in [3.63, 3.8) is 0 Å². The molecule has 0 atom stereocenters. The number of hydrogen-bond acceptors (Lipinski definition) is 4. The van der Waals surface area contributed by atoms with Crippen LogP contribution in [0.15, 0.2) is 18.2 Å². The van der Waals surface area contributed by atoms with Crippen LogP contribution in [-0.4, -0.2) is 72.9 Å². The lowest BCUT2D eigenvalue weighted by Crippen LogP contribution is -2.46. The largest absolute Gasteiger partial charge is 0.389 e. The highest BCUT2D eigenvalue weighted by Gasteiger charge is 2.20. The van der Waals surface area contributed by atoms with Crippen LogP contribution < -0.4 is 10.2 Å². The van der Waals surface area contributed by atoms with Crippen LogP contribution in [0.25, 0.3) is 0 Å². The molecule has 1 saturated heterocycles. The van der Waals surface area contributed by atoms with E-state index in [9.17, 15) is 9.90 Å². The summed E-state index contributed by atoms with van der Waals surface area (Å²) in [5.41, 5.74) is 2.14. The lowest BCUT2D eigenvalue weighted by atomic mass is 10.1. The topological polar surface area (TPSA) is 59.0 Å². The van der Waals surface area contributed by atoms with Crippen molar-refractivity contribution in [1.82, 2.24) is 9.80 Å². The van der Waals surface area contributed by atoms with Crippen LogP contribution in [0.2, 0.25) is 0 Å². The number of carbonyl (C=O) groups is 1. The Morgan fingerprint density at radius 1 is 1.28 bits per heavy atom. The molecule has 1 aliphatic rings. The zero-order chi connectivity index (χ0) is 18.6. The molecule has 6 nitrogen and oxygen atoms in total. The Labute approximate surface area is 151 Å². The second kappa shape index (κ2) is 8.06. The van der Waals surface area contributed by atoms with Crippen LogP contribution in [0.1, 0.15) is 26.3 Å². The van der Waals surface area contributed by atoms with E-state index in [2.05, 4.69) is 34.2 Å². The highest BCUT2D eigenvalue weighted by atomic mass is 16.3. The molecule has 0 saturated carbocycles. The number of nitrogens with zero attached hydrogens (tertiary/aromatic N) is 3. The highest BCUT2D eigenvalue weighted by Crippen LogP contribution is 2.24. The van der Waals surface area contributed by atoms with Gasteiger partial charge in [0.1, 0.15) is 0 Å². The zero-order valence-electron chi connectivity index (χ0n) is 16.2. The molecule has 140 valence electrons. The number of carbonyl (C=O) groups excluding carboxylic acids is 1. The fourth-order valence-corrected chi connectivity index (χ4v) is 3.17. The molecule has 0 aliphatic carbocycles. The third-order valence-corrected chi connectivity index (χ3v) is 4.61. The fourth-order valence-electron chi connectivity index (χ4n) is 3.17. The van der Waals surface area contributed by atoms with Crippen LogP contribution in [0.3, 0.4) is 0 Å². The molecule has 1 aliphatic heterocycles. The number of rotatable bonds is 5. The average Bonchev–Trinajstić information content (AvgIpc) is 2.55. The van der Waals surface area contributed by atoms with Gasteiger partial charge in [-0.2, -0.15) is 0 Å². The number of likely N-dealkylation sites (N-methyl/N-ethyl adjacent to an activating group) is 2. The van der Waals surface area contributed by atoms with Gasteiger partial charge >= 0.3 is 6.03 Å². The van der Waals surface area contributed by atoms with Gasteiger partial charge in [0.05, 0.1) is 12.1 Å². The molecule has 0 unspecified atom stereocenters. The number of nitrogens with one attached hydrogen (secondary N) is 1. The first-order chi connectivity index (χ1) is 11.7. The van der Waals surface area contributed by atoms with Gasteiger partial charge in [0, 0.05) is 44.6 Å². The molecule has 2 rings (SSSR count). The molecule has 0 spiro atoms. The normalized spacial score (nSPS) is 16.0. The minimum Gasteiger partial charge on any atom is -0.389 e. The Morgan fingerprint density at radius 3 is 2.44 bits per heavy atom. The van der Waals surface area contributed by atoms with Gasteiger partial charge in [0.2, 0.25) is 0 Å². The Bertz CT molecular complexity index is 590. The first-order valence-corrected chi connectivity index (χ1v) is 9.02. The van der Waals surface area contributed by atoms with E-state index in [1.807, 2.05) is 13.0 Å². The molecule has 6 heteroatoms. The van der Waals surface area contributed by atoms with Gasteiger partial charge in [-0.1, -0.05) is 6.92 Å². The predicted octanol–water partition coefficient (Wildman–Crippen LogP) is 2.37. The molecule has 25 heavy (non-hydrogen) atoms. The van der Waals surface area contributed by atoms with Gasteiger partial charge in [-0.05, 0) is 51.1 Å². The average molecular weight is 348 g/mol. The van der Waals surface area contributed by atoms with Crippen molar-refractivity contribution < 1.29 is 9.90 Å². The maximum atomic E-state index is 12.3. The van der Waals surface area contributed by atoms with Crippen molar-refractivity contribution in [2.75, 3.05) is 56.5 Å². The van der Waals surface area contributed by atoms with Gasteiger partial charge in [-0.25, -0.2) is 4.79 Å². The van der Waals surface area contributed by atoms with Crippen molar-refractivity contribution >= 4 is 17.4 Å². The van der Waals surface area contributed by atoms with E-state index in [-0.39, 0.29) is 12.6 Å². The second-order valence-electron chi connectivity index (χ2n) is 7.52. The monoisotopic (exact) mass is 348 g/mol. The number of urea groups is 1. The molecule has 0 bridgehead atoms. The first-order valence-electron chi connectivity index (χ1n) is 9.02. The van der Waals surface area contributed by atoms with Crippen molar-refractivity contribution in [2.24, 2.45) is 0 Å². The standard InChI is InChI=1S/C19H32N4O2/c1-6-22-9-11-23(12-10-22)16-7-8-17(15(2)13-16)20-18(24)21(5)14-19(3,4)25/h7-8,13,25H,6,9-12,14H2,1-5H3,(H,20,24). The minimum absolute atomic E-state index is 0.213. The van der Waals surface area contributed by atoms with Crippen LogP contribution >= 0.6 is 0 Å². The first kappa shape index (κ1) is 19.5. The SMILES string of the molecule is CCN1CCN(c2ccc(NC(=O)N(C)CC(C)(C)O)c(C)c2)CC1. The number of aliphatic hydroxyl groups is 1. The second-order valence-corrected chi connectivity index (χ2v) is 7.52. The lowest BCUT2D eigenvalue weighted by Gasteiger charge is -2.35. The summed E-state index contributed by atoms with van der Waals surface area (Å²) in [6.07, 6.45) is 0. The van der Waals surface area contributed by atoms with E-state index in [4.69, 9.17) is 0 Å². The summed E-state index contributed by atoms with van der Waals surface area (Å²) in [6.45, 7) is 13.2. The van der Waals surface area contributed by atoms with E-state index < -0.39 is 5.60 Å². The molecule has 2 N–H and O–H groups in total. The number of benzene rings is 1. The van der Waals surface area contributed by atoms with Crippen molar-refractivity contribution in [3.05, 3.63) is 23.8 Å². The minimum atomic E-state index is -0.911. The van der Waals surface area contributed by atoms with Crippen molar-refractivity contribution in [3.8, 4) is 0 Å². The van der Waals surface area contributed by atoms with Gasteiger partial charge in [-0.15, -0.1) is 0 Å². The third kappa shape index (κ3) is 5.61. The highest BCUT2D eigenvalue weighted by molar-refractivity contribution is 5.90. The number of aryl methyl sites for hydroxylation is 1. The molecule has 1 aromatic rings. The summed E-state index contributed by atoms with van der Waals surface area (Å²) in [6, 6.07) is 5.95. The number of hydrogen-bond donors (Lipinski definition) is 2. The number of amides is 2. The molecule has 1 fully saturated rings. The van der Waals surface area contributed by atoms with E-state index >= 15 is 0 Å². The Kier molecular flexibility index (Phi) is 6.30. The molecule has 0 aromatic heterocycles. The van der Waals surface area contributed by atoms with E-state index in [1.54, 1.807) is 20.9 Å². The Hall–Kier alpha value is -1.79. The van der Waals surface area contributed by atoms with Crippen molar-refractivity contribution in [2.45, 2.75) is 33.3 Å². The van der Waals surface area contributed by atoms with Crippen molar-refractivity contribution in [1.29, 1.82) is 0 Å². The zero-order valence-corrected chi connectivity index (χ0v) is 16.2. The smallest absolute Gasteiger partial charge is 0.321 e. The number of piperazine rings is 1. The maximum Gasteiger partial charge on any atom is 0.321 e. The molecule has 2 amide bonds. The molecular weight excluding hydrogens is 316 g/mol. The van der Waals surface area contributed by atoms with Crippen LogP contribution in [0.5, 0.6) is 0 Å². The van der Waals surface area contributed by atoms with Gasteiger partial charge < -0.3 is 25.1 Å². The lowest BCUT2D eigenvalue weighted by molar-refractivity contribution is 0.0550.